The minimum absolute atomic E-state index is 0.368. The normalized spacial score (nSPS) is 14.2. The second-order valence-corrected chi connectivity index (χ2v) is 10.6. The van der Waals surface area contributed by atoms with E-state index in [9.17, 15) is 18.1 Å². The maximum Gasteiger partial charge on any atom is 0.267 e. The Kier molecular flexibility index (Phi) is 19.7. The molecule has 2 N–H and O–H groups in total. The van der Waals surface area contributed by atoms with E-state index in [0.717, 1.165) is 38.5 Å². The Labute approximate surface area is 182 Å². The van der Waals surface area contributed by atoms with Gasteiger partial charge in [-0.15, -0.1) is 0 Å². The molecule has 0 aliphatic rings. The summed E-state index contributed by atoms with van der Waals surface area (Å²) in [6.45, 7) is 4.43. The van der Waals surface area contributed by atoms with Crippen LogP contribution in [0.3, 0.4) is 0 Å². The molecule has 0 aliphatic carbocycles. The monoisotopic (exact) mass is 434 g/mol. The Bertz CT molecular complexity index is 436. The average Bonchev–Trinajstić information content (AvgIpc) is 2.67. The van der Waals surface area contributed by atoms with Gasteiger partial charge in [0, 0.05) is 0 Å². The molecule has 0 amide bonds. The molecular weight excluding hydrogens is 384 g/mol. The molecule has 0 saturated carbocycles. The van der Waals surface area contributed by atoms with Crippen molar-refractivity contribution in [1.82, 2.24) is 0 Å². The standard InChI is InChI=1S/C24H50O4S/c1-3-5-7-9-11-12-13-14-16-18-20-24(29(26,27)28)22-21-23(25)19-17-15-10-8-6-4-2/h23-25H,3-22H2,1-2H3,(H,26,27,28). The summed E-state index contributed by atoms with van der Waals surface area (Å²) >= 11 is 0. The highest BCUT2D eigenvalue weighted by Gasteiger charge is 2.23. The number of hydrogen-bond acceptors (Lipinski definition) is 3. The molecule has 0 aliphatic heterocycles. The number of aliphatic hydroxyl groups is 1. The molecule has 176 valence electrons. The quantitative estimate of drug-likeness (QED) is 0.137. The topological polar surface area (TPSA) is 74.6 Å². The lowest BCUT2D eigenvalue weighted by molar-refractivity contribution is 0.147. The Balaban J connectivity index is 3.82. The summed E-state index contributed by atoms with van der Waals surface area (Å²) in [5, 5.41) is 9.42. The van der Waals surface area contributed by atoms with Gasteiger partial charge in [-0.2, -0.15) is 8.42 Å². The lowest BCUT2D eigenvalue weighted by atomic mass is 10.0. The van der Waals surface area contributed by atoms with Crippen LogP contribution in [0.1, 0.15) is 142 Å². The number of hydrogen-bond donors (Lipinski definition) is 2. The Morgan fingerprint density at radius 1 is 0.552 bits per heavy atom. The largest absolute Gasteiger partial charge is 0.393 e. The molecule has 0 rings (SSSR count). The van der Waals surface area contributed by atoms with Crippen molar-refractivity contribution in [2.45, 2.75) is 154 Å². The van der Waals surface area contributed by atoms with Crippen LogP contribution in [-0.4, -0.2) is 29.4 Å². The minimum Gasteiger partial charge on any atom is -0.393 e. The summed E-state index contributed by atoms with van der Waals surface area (Å²) in [4.78, 5) is 0. The summed E-state index contributed by atoms with van der Waals surface area (Å²) in [5.74, 6) is 0. The molecule has 0 radical (unpaired) electrons. The van der Waals surface area contributed by atoms with E-state index in [0.29, 0.717) is 19.3 Å². The number of rotatable bonds is 22. The fraction of sp³-hybridized carbons (Fsp3) is 1.00. The van der Waals surface area contributed by atoms with E-state index in [-0.39, 0.29) is 0 Å². The third kappa shape index (κ3) is 19.6. The van der Waals surface area contributed by atoms with E-state index in [2.05, 4.69) is 13.8 Å². The zero-order valence-corrected chi connectivity index (χ0v) is 20.2. The fourth-order valence-corrected chi connectivity index (χ4v) is 4.88. The van der Waals surface area contributed by atoms with Crippen LogP contribution in [0, 0.1) is 0 Å². The third-order valence-corrected chi connectivity index (χ3v) is 7.33. The highest BCUT2D eigenvalue weighted by Crippen LogP contribution is 2.20. The van der Waals surface area contributed by atoms with E-state index in [1.165, 1.54) is 70.6 Å². The van der Waals surface area contributed by atoms with Crippen LogP contribution in [0.15, 0.2) is 0 Å². The molecule has 2 atom stereocenters. The smallest absolute Gasteiger partial charge is 0.267 e. The zero-order chi connectivity index (χ0) is 21.8. The van der Waals surface area contributed by atoms with Gasteiger partial charge in [-0.1, -0.05) is 117 Å². The highest BCUT2D eigenvalue weighted by molar-refractivity contribution is 7.86. The molecule has 29 heavy (non-hydrogen) atoms. The van der Waals surface area contributed by atoms with Gasteiger partial charge in [-0.25, -0.2) is 0 Å². The van der Waals surface area contributed by atoms with E-state index in [4.69, 9.17) is 0 Å². The minimum atomic E-state index is -4.02. The van der Waals surface area contributed by atoms with Gasteiger partial charge >= 0.3 is 0 Å². The van der Waals surface area contributed by atoms with Crippen molar-refractivity contribution in [3.05, 3.63) is 0 Å². The average molecular weight is 435 g/mol. The van der Waals surface area contributed by atoms with Crippen molar-refractivity contribution in [2.24, 2.45) is 0 Å². The van der Waals surface area contributed by atoms with Crippen LogP contribution < -0.4 is 0 Å². The molecule has 2 unspecified atom stereocenters. The van der Waals surface area contributed by atoms with Crippen molar-refractivity contribution in [3.63, 3.8) is 0 Å². The number of aliphatic hydroxyl groups excluding tert-OH is 1. The first kappa shape index (κ1) is 28.9. The molecule has 0 aromatic rings. The van der Waals surface area contributed by atoms with Crippen LogP contribution in [-0.2, 0) is 10.1 Å². The van der Waals surface area contributed by atoms with Crippen molar-refractivity contribution in [3.8, 4) is 0 Å². The summed E-state index contributed by atoms with van der Waals surface area (Å²) in [5.41, 5.74) is 0. The van der Waals surface area contributed by atoms with Crippen molar-refractivity contribution in [1.29, 1.82) is 0 Å². The lowest BCUT2D eigenvalue weighted by Gasteiger charge is -2.16. The van der Waals surface area contributed by atoms with Crippen molar-refractivity contribution in [2.75, 3.05) is 0 Å². The summed E-state index contributed by atoms with van der Waals surface area (Å²) in [6, 6.07) is 0. The Morgan fingerprint density at radius 2 is 0.931 bits per heavy atom. The molecule has 0 bridgehead atoms. The summed E-state index contributed by atoms with van der Waals surface area (Å²) < 4.78 is 32.9. The Hall–Kier alpha value is -0.130. The number of unbranched alkanes of at least 4 members (excludes halogenated alkanes) is 14. The van der Waals surface area contributed by atoms with Crippen molar-refractivity contribution < 1.29 is 18.1 Å². The SMILES string of the molecule is CCCCCCCCCCCCC(CCC(O)CCCCCCCC)S(=O)(=O)O. The van der Waals surface area contributed by atoms with E-state index in [1.54, 1.807) is 0 Å². The van der Waals surface area contributed by atoms with Gasteiger partial charge in [-0.05, 0) is 25.7 Å². The predicted molar refractivity (Wildman–Crippen MR) is 125 cm³/mol. The predicted octanol–water partition coefficient (Wildman–Crippen LogP) is 7.45. The first-order valence-electron chi connectivity index (χ1n) is 12.6. The third-order valence-electron chi connectivity index (χ3n) is 6.01. The van der Waals surface area contributed by atoms with Crippen LogP contribution in [0.25, 0.3) is 0 Å². The molecule has 5 heteroatoms. The molecule has 4 nitrogen and oxygen atoms in total. The maximum atomic E-state index is 11.7. The zero-order valence-electron chi connectivity index (χ0n) is 19.4. The highest BCUT2D eigenvalue weighted by atomic mass is 32.2. The molecule has 0 heterocycles. The van der Waals surface area contributed by atoms with Gasteiger partial charge in [0.05, 0.1) is 11.4 Å². The van der Waals surface area contributed by atoms with E-state index < -0.39 is 21.5 Å². The summed E-state index contributed by atoms with van der Waals surface area (Å²) in [6.07, 6.45) is 20.9. The fourth-order valence-electron chi connectivity index (χ4n) is 3.98. The first-order valence-corrected chi connectivity index (χ1v) is 14.1. The molecule has 0 aromatic heterocycles. The second kappa shape index (κ2) is 19.8. The first-order chi connectivity index (χ1) is 13.9. The Morgan fingerprint density at radius 3 is 1.34 bits per heavy atom. The maximum absolute atomic E-state index is 11.7. The van der Waals surface area contributed by atoms with Crippen LogP contribution >= 0.6 is 0 Å². The lowest BCUT2D eigenvalue weighted by Crippen LogP contribution is -2.22. The van der Waals surface area contributed by atoms with Crippen LogP contribution in [0.2, 0.25) is 0 Å². The van der Waals surface area contributed by atoms with E-state index >= 15 is 0 Å². The van der Waals surface area contributed by atoms with Gasteiger partial charge in [-0.3, -0.25) is 4.55 Å². The van der Waals surface area contributed by atoms with E-state index in [1.807, 2.05) is 0 Å². The van der Waals surface area contributed by atoms with Crippen LogP contribution in [0.4, 0.5) is 0 Å². The molecule has 0 spiro atoms. The second-order valence-electron chi connectivity index (χ2n) is 8.90. The van der Waals surface area contributed by atoms with Gasteiger partial charge in [0.25, 0.3) is 10.1 Å². The van der Waals surface area contributed by atoms with Gasteiger partial charge in [0.15, 0.2) is 0 Å². The molecular formula is C24H50O4S. The van der Waals surface area contributed by atoms with Crippen LogP contribution in [0.5, 0.6) is 0 Å². The van der Waals surface area contributed by atoms with Gasteiger partial charge < -0.3 is 5.11 Å². The van der Waals surface area contributed by atoms with Gasteiger partial charge in [0.1, 0.15) is 0 Å². The molecule has 0 fully saturated rings. The molecule has 0 saturated heterocycles. The summed E-state index contributed by atoms with van der Waals surface area (Å²) in [7, 11) is -4.02. The van der Waals surface area contributed by atoms with Gasteiger partial charge in [0.2, 0.25) is 0 Å². The van der Waals surface area contributed by atoms with Crippen molar-refractivity contribution >= 4 is 10.1 Å². The molecule has 0 aromatic carbocycles.